The average molecular weight is 359 g/mol. The maximum Gasteiger partial charge on any atom is 0.323 e. The van der Waals surface area contributed by atoms with Crippen molar-refractivity contribution < 1.29 is 24.0 Å². The maximum absolute atomic E-state index is 12.2. The van der Waals surface area contributed by atoms with Gasteiger partial charge in [-0.1, -0.05) is 5.16 Å². The first kappa shape index (κ1) is 17.9. The van der Waals surface area contributed by atoms with Crippen LogP contribution in [-0.2, 0) is 16.0 Å². The third kappa shape index (κ3) is 4.59. The lowest BCUT2D eigenvalue weighted by atomic mass is 10.2. The number of carbonyl (C=O) groups excluding carboxylic acids is 1. The van der Waals surface area contributed by atoms with Crippen LogP contribution >= 0.6 is 0 Å². The number of amides is 1. The lowest BCUT2D eigenvalue weighted by Gasteiger charge is -2.19. The lowest BCUT2D eigenvalue weighted by Crippen LogP contribution is -2.37. The van der Waals surface area contributed by atoms with Crippen molar-refractivity contribution in [2.75, 3.05) is 13.7 Å². The fraction of sp³-hybridized carbons (Fsp3) is 0.444. The molecule has 1 fully saturated rings. The summed E-state index contributed by atoms with van der Waals surface area (Å²) in [6.45, 7) is -0.230. The highest BCUT2D eigenvalue weighted by Gasteiger charge is 2.33. The van der Waals surface area contributed by atoms with Gasteiger partial charge in [-0.3, -0.25) is 9.59 Å². The molecule has 1 aromatic heterocycles. The smallest absolute Gasteiger partial charge is 0.323 e. The maximum atomic E-state index is 12.2. The van der Waals surface area contributed by atoms with Crippen LogP contribution in [0.1, 0.15) is 31.6 Å². The molecule has 3 rings (SSSR count). The number of aromatic nitrogens is 2. The van der Waals surface area contributed by atoms with E-state index in [1.54, 1.807) is 7.11 Å². The SMILES string of the molecule is COc1ccc(-c2noc(CCCC(=O)N(CC(=O)O)C3CC3)n2)cc1. The van der Waals surface area contributed by atoms with Gasteiger partial charge in [0.1, 0.15) is 12.3 Å². The van der Waals surface area contributed by atoms with Crippen LogP contribution in [0, 0.1) is 0 Å². The highest BCUT2D eigenvalue weighted by molar-refractivity contribution is 5.81. The number of rotatable bonds is 9. The summed E-state index contributed by atoms with van der Waals surface area (Å²) in [5.41, 5.74) is 0.818. The highest BCUT2D eigenvalue weighted by atomic mass is 16.5. The number of hydrogen-bond acceptors (Lipinski definition) is 6. The second kappa shape index (κ2) is 7.99. The van der Waals surface area contributed by atoms with Gasteiger partial charge in [0.05, 0.1) is 7.11 Å². The number of aryl methyl sites for hydroxylation is 1. The number of ether oxygens (including phenoxy) is 1. The van der Waals surface area contributed by atoms with E-state index in [-0.39, 0.29) is 24.9 Å². The van der Waals surface area contributed by atoms with Gasteiger partial charge < -0.3 is 19.3 Å². The Labute approximate surface area is 150 Å². The summed E-state index contributed by atoms with van der Waals surface area (Å²) in [5, 5.41) is 12.9. The van der Waals surface area contributed by atoms with E-state index >= 15 is 0 Å². The second-order valence-corrected chi connectivity index (χ2v) is 6.24. The minimum atomic E-state index is -0.980. The van der Waals surface area contributed by atoms with Crippen molar-refractivity contribution in [3.8, 4) is 17.1 Å². The fourth-order valence-electron chi connectivity index (χ4n) is 2.70. The molecule has 2 aromatic rings. The van der Waals surface area contributed by atoms with E-state index < -0.39 is 5.97 Å². The lowest BCUT2D eigenvalue weighted by molar-refractivity contribution is -0.145. The average Bonchev–Trinajstić information content (AvgIpc) is 3.37. The summed E-state index contributed by atoms with van der Waals surface area (Å²) in [7, 11) is 1.60. The molecule has 8 heteroatoms. The standard InChI is InChI=1S/C18H21N3O5/c1-25-14-9-5-12(6-10-14)18-19-15(26-20-18)3-2-4-16(22)21(11-17(23)24)13-7-8-13/h5-6,9-10,13H,2-4,7-8,11H2,1H3,(H,23,24). The molecule has 0 aliphatic heterocycles. The summed E-state index contributed by atoms with van der Waals surface area (Å²) in [4.78, 5) is 28.9. The zero-order valence-corrected chi connectivity index (χ0v) is 14.6. The monoisotopic (exact) mass is 359 g/mol. The van der Waals surface area contributed by atoms with Crippen molar-refractivity contribution in [3.05, 3.63) is 30.2 Å². The molecule has 1 heterocycles. The van der Waals surface area contributed by atoms with Crippen LogP contribution in [0.25, 0.3) is 11.4 Å². The molecule has 1 aliphatic rings. The van der Waals surface area contributed by atoms with Crippen LogP contribution in [0.15, 0.2) is 28.8 Å². The van der Waals surface area contributed by atoms with Crippen LogP contribution < -0.4 is 4.74 Å². The van der Waals surface area contributed by atoms with Crippen molar-refractivity contribution in [2.24, 2.45) is 0 Å². The van der Waals surface area contributed by atoms with Crippen LogP contribution in [0.3, 0.4) is 0 Å². The number of carboxylic acid groups (broad SMARTS) is 1. The summed E-state index contributed by atoms with van der Waals surface area (Å²) in [5.74, 6) is 0.577. The molecule has 0 spiro atoms. The normalized spacial score (nSPS) is 13.4. The van der Waals surface area contributed by atoms with Gasteiger partial charge in [-0.05, 0) is 43.5 Å². The van der Waals surface area contributed by atoms with Gasteiger partial charge in [0.2, 0.25) is 17.6 Å². The van der Waals surface area contributed by atoms with E-state index in [2.05, 4.69) is 10.1 Å². The Hall–Kier alpha value is -2.90. The molecule has 1 amide bonds. The number of carboxylic acids is 1. The highest BCUT2D eigenvalue weighted by Crippen LogP contribution is 2.27. The van der Waals surface area contributed by atoms with Gasteiger partial charge in [0.25, 0.3) is 0 Å². The Balaban J connectivity index is 1.51. The van der Waals surface area contributed by atoms with Crippen LogP contribution in [0.2, 0.25) is 0 Å². The number of benzene rings is 1. The molecule has 8 nitrogen and oxygen atoms in total. The van der Waals surface area contributed by atoms with Crippen molar-refractivity contribution in [3.63, 3.8) is 0 Å². The molecule has 0 atom stereocenters. The minimum absolute atomic E-state index is 0.0867. The van der Waals surface area contributed by atoms with Gasteiger partial charge in [-0.2, -0.15) is 4.98 Å². The van der Waals surface area contributed by atoms with E-state index in [4.69, 9.17) is 14.4 Å². The molecule has 138 valence electrons. The molecule has 1 N–H and O–H groups in total. The predicted octanol–water partition coefficient (Wildman–Crippen LogP) is 2.14. The van der Waals surface area contributed by atoms with Gasteiger partial charge in [-0.25, -0.2) is 0 Å². The predicted molar refractivity (Wildman–Crippen MR) is 91.6 cm³/mol. The van der Waals surface area contributed by atoms with E-state index in [1.165, 1.54) is 4.90 Å². The Kier molecular flexibility index (Phi) is 5.50. The van der Waals surface area contributed by atoms with Crippen molar-refractivity contribution >= 4 is 11.9 Å². The second-order valence-electron chi connectivity index (χ2n) is 6.24. The van der Waals surface area contributed by atoms with Crippen LogP contribution in [-0.4, -0.2) is 51.7 Å². The van der Waals surface area contributed by atoms with E-state index in [1.807, 2.05) is 24.3 Å². The Morgan fingerprint density at radius 2 is 2.04 bits per heavy atom. The van der Waals surface area contributed by atoms with Crippen molar-refractivity contribution in [2.45, 2.75) is 38.1 Å². The summed E-state index contributed by atoms with van der Waals surface area (Å²) in [6.07, 6.45) is 3.04. The topological polar surface area (TPSA) is 106 Å². The van der Waals surface area contributed by atoms with Crippen LogP contribution in [0.5, 0.6) is 5.75 Å². The van der Waals surface area contributed by atoms with Gasteiger partial charge in [-0.15, -0.1) is 0 Å². The number of nitrogens with zero attached hydrogens (tertiary/aromatic N) is 3. The first-order valence-electron chi connectivity index (χ1n) is 8.55. The zero-order chi connectivity index (χ0) is 18.5. The van der Waals surface area contributed by atoms with Crippen molar-refractivity contribution in [1.82, 2.24) is 15.0 Å². The Morgan fingerprint density at radius 1 is 1.31 bits per heavy atom. The number of methoxy groups -OCH3 is 1. The van der Waals surface area contributed by atoms with Crippen molar-refractivity contribution in [1.29, 1.82) is 0 Å². The van der Waals surface area contributed by atoms with E-state index in [0.717, 1.165) is 24.2 Å². The summed E-state index contributed by atoms with van der Waals surface area (Å²) < 4.78 is 10.3. The molecule has 1 aromatic carbocycles. The van der Waals surface area contributed by atoms with Gasteiger partial charge >= 0.3 is 5.97 Å². The molecule has 0 bridgehead atoms. The molecule has 1 aliphatic carbocycles. The summed E-state index contributed by atoms with van der Waals surface area (Å²) in [6, 6.07) is 7.41. The third-order valence-corrected chi connectivity index (χ3v) is 4.21. The molecular formula is C18H21N3O5. The van der Waals surface area contributed by atoms with Gasteiger partial charge in [0.15, 0.2) is 0 Å². The fourth-order valence-corrected chi connectivity index (χ4v) is 2.70. The first-order chi connectivity index (χ1) is 12.6. The Morgan fingerprint density at radius 3 is 2.65 bits per heavy atom. The number of aliphatic carboxylic acids is 1. The van der Waals surface area contributed by atoms with E-state index in [9.17, 15) is 9.59 Å². The zero-order valence-electron chi connectivity index (χ0n) is 14.6. The molecule has 0 saturated heterocycles. The molecule has 0 radical (unpaired) electrons. The number of hydrogen-bond donors (Lipinski definition) is 1. The molecule has 0 unspecified atom stereocenters. The minimum Gasteiger partial charge on any atom is -0.497 e. The third-order valence-electron chi connectivity index (χ3n) is 4.21. The van der Waals surface area contributed by atoms with Crippen LogP contribution in [0.4, 0.5) is 0 Å². The molecule has 26 heavy (non-hydrogen) atoms. The Bertz CT molecular complexity index is 767. The quantitative estimate of drug-likeness (QED) is 0.731. The first-order valence-corrected chi connectivity index (χ1v) is 8.55. The number of carbonyl (C=O) groups is 2. The molecule has 1 saturated carbocycles. The molecular weight excluding hydrogens is 338 g/mol. The summed E-state index contributed by atoms with van der Waals surface area (Å²) >= 11 is 0. The van der Waals surface area contributed by atoms with E-state index in [0.29, 0.717) is 24.6 Å². The van der Waals surface area contributed by atoms with Gasteiger partial charge in [0, 0.05) is 24.4 Å². The largest absolute Gasteiger partial charge is 0.497 e.